The van der Waals surface area contributed by atoms with Crippen LogP contribution in [0, 0.1) is 10.1 Å². The molecule has 0 spiro atoms. The number of nitrogens with zero attached hydrogens (tertiary/aromatic N) is 2. The van der Waals surface area contributed by atoms with E-state index in [9.17, 15) is 19.7 Å². The number of aldehydes is 1. The van der Waals surface area contributed by atoms with Gasteiger partial charge in [0, 0.05) is 30.4 Å². The van der Waals surface area contributed by atoms with E-state index in [0.717, 1.165) is 13.2 Å². The highest BCUT2D eigenvalue weighted by Crippen LogP contribution is 2.30. The first-order chi connectivity index (χ1) is 10.1. The number of ether oxygens (including phenoxy) is 2. The van der Waals surface area contributed by atoms with E-state index in [0.29, 0.717) is 38.3 Å². The Kier molecular flexibility index (Phi) is 4.49. The Hall–Kier alpha value is -2.48. The number of anilines is 1. The molecule has 1 aromatic rings. The minimum Gasteiger partial charge on any atom is -0.465 e. The van der Waals surface area contributed by atoms with E-state index < -0.39 is 16.6 Å². The van der Waals surface area contributed by atoms with Crippen molar-refractivity contribution in [3.8, 4) is 0 Å². The number of benzene rings is 1. The van der Waals surface area contributed by atoms with Crippen LogP contribution in [0.15, 0.2) is 12.1 Å². The number of nitro groups is 1. The first-order valence-corrected chi connectivity index (χ1v) is 6.27. The fraction of sp³-hybridized carbons (Fsp3) is 0.385. The molecule has 112 valence electrons. The van der Waals surface area contributed by atoms with Gasteiger partial charge in [0.25, 0.3) is 5.69 Å². The molecule has 2 rings (SSSR count). The van der Waals surface area contributed by atoms with Crippen molar-refractivity contribution >= 4 is 23.6 Å². The second-order valence-electron chi connectivity index (χ2n) is 4.39. The second-order valence-corrected chi connectivity index (χ2v) is 4.39. The Bertz CT molecular complexity index is 580. The van der Waals surface area contributed by atoms with Gasteiger partial charge in [0.1, 0.15) is 5.56 Å². The number of rotatable bonds is 4. The third-order valence-corrected chi connectivity index (χ3v) is 3.23. The van der Waals surface area contributed by atoms with Gasteiger partial charge in [-0.1, -0.05) is 0 Å². The number of hydrogen-bond acceptors (Lipinski definition) is 7. The molecule has 0 aliphatic carbocycles. The van der Waals surface area contributed by atoms with Crippen molar-refractivity contribution in [1.29, 1.82) is 0 Å². The normalized spacial score (nSPS) is 14.6. The van der Waals surface area contributed by atoms with E-state index in [-0.39, 0.29) is 11.1 Å². The fourth-order valence-corrected chi connectivity index (χ4v) is 2.19. The number of carbonyl (C=O) groups excluding carboxylic acids is 2. The van der Waals surface area contributed by atoms with Gasteiger partial charge in [-0.3, -0.25) is 14.9 Å². The first-order valence-electron chi connectivity index (χ1n) is 6.27. The van der Waals surface area contributed by atoms with Crippen LogP contribution in [0.3, 0.4) is 0 Å². The van der Waals surface area contributed by atoms with E-state index >= 15 is 0 Å². The van der Waals surface area contributed by atoms with Crippen LogP contribution >= 0.6 is 0 Å². The van der Waals surface area contributed by atoms with Crippen molar-refractivity contribution in [3.63, 3.8) is 0 Å². The molecule has 0 amide bonds. The van der Waals surface area contributed by atoms with Crippen LogP contribution in [0.1, 0.15) is 20.7 Å². The van der Waals surface area contributed by atoms with E-state index in [1.165, 1.54) is 6.07 Å². The number of nitro benzene ring substituents is 1. The van der Waals surface area contributed by atoms with Crippen LogP contribution in [0.4, 0.5) is 11.4 Å². The third-order valence-electron chi connectivity index (χ3n) is 3.23. The largest absolute Gasteiger partial charge is 0.465 e. The van der Waals surface area contributed by atoms with Crippen molar-refractivity contribution in [2.45, 2.75) is 0 Å². The number of carbonyl (C=O) groups is 2. The van der Waals surface area contributed by atoms with Crippen LogP contribution < -0.4 is 4.90 Å². The molecule has 0 radical (unpaired) electrons. The second kappa shape index (κ2) is 6.31. The molecule has 0 bridgehead atoms. The summed E-state index contributed by atoms with van der Waals surface area (Å²) in [4.78, 5) is 35.1. The van der Waals surface area contributed by atoms with E-state index in [1.807, 2.05) is 4.90 Å². The summed E-state index contributed by atoms with van der Waals surface area (Å²) in [6.45, 7) is 2.06. The lowest BCUT2D eigenvalue weighted by Crippen LogP contribution is -2.37. The standard InChI is InChI=1S/C13H14N2O6/c1-20-13(17)10-7-11(14-2-4-21-5-3-14)9(8-16)6-12(10)15(18)19/h6-8H,2-5H2,1H3. The molecule has 0 unspecified atom stereocenters. The molecular formula is C13H14N2O6. The zero-order valence-electron chi connectivity index (χ0n) is 11.4. The summed E-state index contributed by atoms with van der Waals surface area (Å²) in [6, 6.07) is 2.43. The molecule has 1 saturated heterocycles. The maximum atomic E-state index is 11.7. The molecule has 8 nitrogen and oxygen atoms in total. The molecule has 1 heterocycles. The van der Waals surface area contributed by atoms with E-state index in [4.69, 9.17) is 4.74 Å². The Morgan fingerprint density at radius 3 is 2.62 bits per heavy atom. The summed E-state index contributed by atoms with van der Waals surface area (Å²) in [6.07, 6.45) is 0.541. The maximum absolute atomic E-state index is 11.7. The zero-order valence-corrected chi connectivity index (χ0v) is 11.4. The smallest absolute Gasteiger partial charge is 0.344 e. The van der Waals surface area contributed by atoms with Crippen molar-refractivity contribution < 1.29 is 24.0 Å². The highest BCUT2D eigenvalue weighted by atomic mass is 16.6. The molecule has 21 heavy (non-hydrogen) atoms. The van der Waals surface area contributed by atoms with Gasteiger partial charge < -0.3 is 14.4 Å². The summed E-state index contributed by atoms with van der Waals surface area (Å²) in [5.74, 6) is -0.811. The number of methoxy groups -OCH3 is 1. The summed E-state index contributed by atoms with van der Waals surface area (Å²) in [5.41, 5.74) is 0.0195. The molecule has 8 heteroatoms. The van der Waals surface area contributed by atoms with Crippen LogP contribution in [-0.4, -0.2) is 50.6 Å². The Labute approximate surface area is 120 Å². The van der Waals surface area contributed by atoms with Crippen molar-refractivity contribution in [2.24, 2.45) is 0 Å². The Morgan fingerprint density at radius 2 is 2.10 bits per heavy atom. The molecule has 1 aromatic carbocycles. The Balaban J connectivity index is 2.55. The number of esters is 1. The molecule has 1 aliphatic rings. The highest BCUT2D eigenvalue weighted by Gasteiger charge is 2.26. The average molecular weight is 294 g/mol. The maximum Gasteiger partial charge on any atom is 0.344 e. The summed E-state index contributed by atoms with van der Waals surface area (Å²) in [5, 5.41) is 11.0. The van der Waals surface area contributed by atoms with Crippen LogP contribution in [0.25, 0.3) is 0 Å². The minimum atomic E-state index is -0.811. The molecule has 0 N–H and O–H groups in total. The van der Waals surface area contributed by atoms with Crippen LogP contribution in [0.5, 0.6) is 0 Å². The first kappa shape index (κ1) is 14.9. The predicted molar refractivity (Wildman–Crippen MR) is 72.9 cm³/mol. The van der Waals surface area contributed by atoms with Gasteiger partial charge in [0.15, 0.2) is 6.29 Å². The third kappa shape index (κ3) is 3.00. The van der Waals surface area contributed by atoms with E-state index in [1.54, 1.807) is 0 Å². The number of hydrogen-bond donors (Lipinski definition) is 0. The molecule has 0 atom stereocenters. The summed E-state index contributed by atoms with van der Waals surface area (Å²) >= 11 is 0. The van der Waals surface area contributed by atoms with Gasteiger partial charge in [0.2, 0.25) is 0 Å². The van der Waals surface area contributed by atoms with Gasteiger partial charge in [0.05, 0.1) is 25.2 Å². The topological polar surface area (TPSA) is 99.0 Å². The van der Waals surface area contributed by atoms with Crippen molar-refractivity contribution in [2.75, 3.05) is 38.3 Å². The van der Waals surface area contributed by atoms with Crippen LogP contribution in [0.2, 0.25) is 0 Å². The van der Waals surface area contributed by atoms with Gasteiger partial charge >= 0.3 is 5.97 Å². The average Bonchev–Trinajstić information content (AvgIpc) is 2.53. The number of morpholine rings is 1. The lowest BCUT2D eigenvalue weighted by atomic mass is 10.1. The zero-order chi connectivity index (χ0) is 15.4. The van der Waals surface area contributed by atoms with Gasteiger partial charge in [-0.05, 0) is 6.07 Å². The van der Waals surface area contributed by atoms with Crippen molar-refractivity contribution in [1.82, 2.24) is 0 Å². The quantitative estimate of drug-likeness (QED) is 0.354. The molecule has 1 aliphatic heterocycles. The fourth-order valence-electron chi connectivity index (χ4n) is 2.19. The predicted octanol–water partition coefficient (Wildman–Crippen LogP) is 1.03. The molecule has 1 fully saturated rings. The van der Waals surface area contributed by atoms with Gasteiger partial charge in [-0.25, -0.2) is 4.79 Å². The monoisotopic (exact) mass is 294 g/mol. The van der Waals surface area contributed by atoms with E-state index in [2.05, 4.69) is 4.74 Å². The van der Waals surface area contributed by atoms with Crippen molar-refractivity contribution in [3.05, 3.63) is 33.4 Å². The minimum absolute atomic E-state index is 0.163. The lowest BCUT2D eigenvalue weighted by molar-refractivity contribution is -0.385. The Morgan fingerprint density at radius 1 is 1.43 bits per heavy atom. The van der Waals surface area contributed by atoms with Gasteiger partial charge in [-0.15, -0.1) is 0 Å². The molecular weight excluding hydrogens is 280 g/mol. The lowest BCUT2D eigenvalue weighted by Gasteiger charge is -2.30. The van der Waals surface area contributed by atoms with Crippen LogP contribution in [-0.2, 0) is 9.47 Å². The SMILES string of the molecule is COC(=O)c1cc(N2CCOCC2)c(C=O)cc1[N+](=O)[O-]. The van der Waals surface area contributed by atoms with Gasteiger partial charge in [-0.2, -0.15) is 0 Å². The molecule has 0 aromatic heterocycles. The summed E-state index contributed by atoms with van der Waals surface area (Å²) in [7, 11) is 1.15. The molecule has 0 saturated carbocycles. The highest BCUT2D eigenvalue weighted by molar-refractivity contribution is 5.98. The summed E-state index contributed by atoms with van der Waals surface area (Å²) < 4.78 is 9.79.